The Balaban J connectivity index is 1.57. The van der Waals surface area contributed by atoms with E-state index >= 15 is 0 Å². The molecule has 1 fully saturated rings. The number of hydrogen-bond acceptors (Lipinski definition) is 4. The van der Waals surface area contributed by atoms with Crippen molar-refractivity contribution in [3.05, 3.63) is 54.2 Å². The predicted molar refractivity (Wildman–Crippen MR) is 87.5 cm³/mol. The van der Waals surface area contributed by atoms with E-state index in [1.165, 1.54) is 0 Å². The lowest BCUT2D eigenvalue weighted by atomic mass is 9.91. The van der Waals surface area contributed by atoms with E-state index in [0.717, 1.165) is 30.7 Å². The Morgan fingerprint density at radius 3 is 3.09 bits per heavy atom. The summed E-state index contributed by atoms with van der Waals surface area (Å²) < 4.78 is 5.58. The Bertz CT molecular complexity index is 612. The van der Waals surface area contributed by atoms with Crippen LogP contribution >= 0.6 is 0 Å². The first-order valence-corrected chi connectivity index (χ1v) is 8.15. The molecule has 1 amide bonds. The minimum atomic E-state index is 0.0416. The van der Waals surface area contributed by atoms with Crippen LogP contribution in [0.4, 0.5) is 0 Å². The molecule has 1 N–H and O–H groups in total. The van der Waals surface area contributed by atoms with Crippen molar-refractivity contribution in [1.29, 1.82) is 0 Å². The zero-order chi connectivity index (χ0) is 16.1. The van der Waals surface area contributed by atoms with E-state index in [-0.39, 0.29) is 11.9 Å². The van der Waals surface area contributed by atoms with Crippen LogP contribution in [0.1, 0.15) is 37.1 Å². The molecule has 0 saturated carbocycles. The number of likely N-dealkylation sites (tertiary alicyclic amines) is 1. The van der Waals surface area contributed by atoms with Crippen LogP contribution in [0.3, 0.4) is 0 Å². The van der Waals surface area contributed by atoms with E-state index in [2.05, 4.69) is 22.1 Å². The molecule has 2 unspecified atom stereocenters. The van der Waals surface area contributed by atoms with Gasteiger partial charge in [-0.15, -0.1) is 0 Å². The first-order chi connectivity index (χ1) is 11.2. The lowest BCUT2D eigenvalue weighted by Crippen LogP contribution is -2.42. The topological polar surface area (TPSA) is 58.4 Å². The first-order valence-electron chi connectivity index (χ1n) is 8.15. The van der Waals surface area contributed by atoms with Gasteiger partial charge in [0, 0.05) is 18.9 Å². The average Bonchev–Trinajstić information content (AvgIpc) is 3.10. The average molecular weight is 313 g/mol. The fourth-order valence-corrected chi connectivity index (χ4v) is 3.10. The normalized spacial score (nSPS) is 22.0. The Hall–Kier alpha value is -2.14. The molecule has 3 rings (SSSR count). The summed E-state index contributed by atoms with van der Waals surface area (Å²) in [6.45, 7) is 4.10. The molecule has 3 heterocycles. The van der Waals surface area contributed by atoms with Crippen LogP contribution in [0, 0.1) is 5.92 Å². The monoisotopic (exact) mass is 313 g/mol. The van der Waals surface area contributed by atoms with Crippen molar-refractivity contribution in [2.24, 2.45) is 5.92 Å². The van der Waals surface area contributed by atoms with Gasteiger partial charge in [-0.05, 0) is 49.1 Å². The van der Waals surface area contributed by atoms with Crippen LogP contribution in [0.2, 0.25) is 0 Å². The Morgan fingerprint density at radius 1 is 1.43 bits per heavy atom. The maximum Gasteiger partial charge on any atom is 0.234 e. The van der Waals surface area contributed by atoms with Gasteiger partial charge >= 0.3 is 0 Å². The largest absolute Gasteiger partial charge is 0.468 e. The zero-order valence-electron chi connectivity index (χ0n) is 13.4. The fraction of sp³-hybridized carbons (Fsp3) is 0.444. The molecule has 122 valence electrons. The van der Waals surface area contributed by atoms with Gasteiger partial charge in [-0.2, -0.15) is 0 Å². The van der Waals surface area contributed by atoms with Gasteiger partial charge in [-0.3, -0.25) is 14.7 Å². The maximum absolute atomic E-state index is 12.3. The smallest absolute Gasteiger partial charge is 0.234 e. The molecule has 2 aromatic heterocycles. The summed E-state index contributed by atoms with van der Waals surface area (Å²) in [5, 5.41) is 2.97. The van der Waals surface area contributed by atoms with Crippen LogP contribution in [0.5, 0.6) is 0 Å². The Labute approximate surface area is 136 Å². The summed E-state index contributed by atoms with van der Waals surface area (Å²) >= 11 is 0. The number of aromatic nitrogens is 1. The number of piperidine rings is 1. The molecule has 0 aliphatic carbocycles. The minimum Gasteiger partial charge on any atom is -0.468 e. The third-order valence-electron chi connectivity index (χ3n) is 4.41. The van der Waals surface area contributed by atoms with Gasteiger partial charge in [0.1, 0.15) is 5.76 Å². The van der Waals surface area contributed by atoms with Crippen molar-refractivity contribution in [3.63, 3.8) is 0 Å². The molecule has 0 radical (unpaired) electrons. The van der Waals surface area contributed by atoms with Crippen molar-refractivity contribution < 1.29 is 9.21 Å². The molecular weight excluding hydrogens is 290 g/mol. The summed E-state index contributed by atoms with van der Waals surface area (Å²) in [6, 6.07) is 7.94. The number of hydrogen-bond donors (Lipinski definition) is 1. The Morgan fingerprint density at radius 2 is 2.35 bits per heavy atom. The minimum absolute atomic E-state index is 0.0416. The van der Waals surface area contributed by atoms with Crippen LogP contribution in [-0.2, 0) is 11.3 Å². The van der Waals surface area contributed by atoms with Crippen molar-refractivity contribution in [3.8, 4) is 0 Å². The van der Waals surface area contributed by atoms with E-state index in [1.54, 1.807) is 18.7 Å². The predicted octanol–water partition coefficient (Wildman–Crippen LogP) is 2.76. The highest BCUT2D eigenvalue weighted by atomic mass is 16.3. The SMILES string of the molecule is CC1CCN(CC(=O)NCc2cccnc2)C(c2ccco2)C1. The second kappa shape index (κ2) is 7.42. The number of rotatable bonds is 5. The lowest BCUT2D eigenvalue weighted by Gasteiger charge is -2.36. The molecule has 1 saturated heterocycles. The molecule has 5 heteroatoms. The lowest BCUT2D eigenvalue weighted by molar-refractivity contribution is -0.123. The summed E-state index contributed by atoms with van der Waals surface area (Å²) in [6.07, 6.45) is 7.36. The van der Waals surface area contributed by atoms with Gasteiger partial charge in [0.15, 0.2) is 0 Å². The number of carbonyl (C=O) groups excluding carboxylic acids is 1. The van der Waals surface area contributed by atoms with Crippen molar-refractivity contribution in [2.75, 3.05) is 13.1 Å². The highest BCUT2D eigenvalue weighted by Gasteiger charge is 2.30. The van der Waals surface area contributed by atoms with Crippen LogP contribution < -0.4 is 5.32 Å². The third-order valence-corrected chi connectivity index (χ3v) is 4.41. The number of pyridine rings is 1. The van der Waals surface area contributed by atoms with Gasteiger partial charge in [-0.1, -0.05) is 13.0 Å². The third kappa shape index (κ3) is 4.20. The zero-order valence-corrected chi connectivity index (χ0v) is 13.4. The molecule has 23 heavy (non-hydrogen) atoms. The van der Waals surface area contributed by atoms with E-state index < -0.39 is 0 Å². The molecule has 0 spiro atoms. The van der Waals surface area contributed by atoms with Crippen LogP contribution in [0.25, 0.3) is 0 Å². The number of furan rings is 1. The van der Waals surface area contributed by atoms with E-state index in [0.29, 0.717) is 19.0 Å². The number of nitrogens with zero attached hydrogens (tertiary/aromatic N) is 2. The van der Waals surface area contributed by atoms with Crippen molar-refractivity contribution in [2.45, 2.75) is 32.4 Å². The quantitative estimate of drug-likeness (QED) is 0.922. The van der Waals surface area contributed by atoms with Gasteiger partial charge in [0.05, 0.1) is 18.8 Å². The highest BCUT2D eigenvalue weighted by Crippen LogP contribution is 2.33. The van der Waals surface area contributed by atoms with Gasteiger partial charge in [0.25, 0.3) is 0 Å². The van der Waals surface area contributed by atoms with Crippen LogP contribution in [0.15, 0.2) is 47.3 Å². The van der Waals surface area contributed by atoms with E-state index in [1.807, 2.05) is 24.3 Å². The van der Waals surface area contributed by atoms with E-state index in [4.69, 9.17) is 4.42 Å². The first kappa shape index (κ1) is 15.7. The molecular formula is C18H23N3O2. The standard InChI is InChI=1S/C18H23N3O2/c1-14-6-8-21(16(10-14)17-5-3-9-23-17)13-18(22)20-12-15-4-2-7-19-11-15/h2-5,7,9,11,14,16H,6,8,10,12-13H2,1H3,(H,20,22). The molecule has 2 aromatic rings. The Kier molecular flexibility index (Phi) is 5.08. The van der Waals surface area contributed by atoms with Crippen LogP contribution in [-0.4, -0.2) is 28.9 Å². The van der Waals surface area contributed by atoms with Gasteiger partial charge in [-0.25, -0.2) is 0 Å². The van der Waals surface area contributed by atoms with Gasteiger partial charge in [0.2, 0.25) is 5.91 Å². The molecule has 5 nitrogen and oxygen atoms in total. The summed E-state index contributed by atoms with van der Waals surface area (Å²) in [5.41, 5.74) is 1.01. The highest BCUT2D eigenvalue weighted by molar-refractivity contribution is 5.78. The summed E-state index contributed by atoms with van der Waals surface area (Å²) in [4.78, 5) is 18.6. The second-order valence-corrected chi connectivity index (χ2v) is 6.27. The number of carbonyl (C=O) groups is 1. The molecule has 1 aliphatic rings. The van der Waals surface area contributed by atoms with Gasteiger partial charge < -0.3 is 9.73 Å². The molecule has 0 aromatic carbocycles. The second-order valence-electron chi connectivity index (χ2n) is 6.27. The molecule has 1 aliphatic heterocycles. The molecule has 0 bridgehead atoms. The maximum atomic E-state index is 12.3. The molecule has 2 atom stereocenters. The summed E-state index contributed by atoms with van der Waals surface area (Å²) in [7, 11) is 0. The van der Waals surface area contributed by atoms with E-state index in [9.17, 15) is 4.79 Å². The van der Waals surface area contributed by atoms with Crippen molar-refractivity contribution >= 4 is 5.91 Å². The number of amides is 1. The fourth-order valence-electron chi connectivity index (χ4n) is 3.10. The summed E-state index contributed by atoms with van der Waals surface area (Å²) in [5.74, 6) is 1.65. The van der Waals surface area contributed by atoms with Crippen molar-refractivity contribution in [1.82, 2.24) is 15.2 Å². The number of nitrogens with one attached hydrogen (secondary N) is 1.